The third-order valence-electron chi connectivity index (χ3n) is 3.89. The molecule has 25 heavy (non-hydrogen) atoms. The number of anilines is 1. The lowest BCUT2D eigenvalue weighted by Gasteiger charge is -2.23. The second-order valence-corrected chi connectivity index (χ2v) is 7.84. The highest BCUT2D eigenvalue weighted by molar-refractivity contribution is 7.93. The van der Waals surface area contributed by atoms with Crippen LogP contribution in [0, 0.1) is 5.92 Å². The maximum absolute atomic E-state index is 12.6. The van der Waals surface area contributed by atoms with Crippen molar-refractivity contribution in [2.24, 2.45) is 11.1 Å². The molecule has 5 nitrogen and oxygen atoms in total. The van der Waals surface area contributed by atoms with E-state index in [1.54, 1.807) is 11.6 Å². The molecule has 0 unspecified atom stereocenters. The number of oxime groups is 1. The fraction of sp³-hybridized carbons (Fsp3) is 0.533. The van der Waals surface area contributed by atoms with Crippen LogP contribution in [0.5, 0.6) is 0 Å². The van der Waals surface area contributed by atoms with Crippen LogP contribution in [0.15, 0.2) is 23.4 Å². The third kappa shape index (κ3) is 5.01. The van der Waals surface area contributed by atoms with Gasteiger partial charge in [-0.1, -0.05) is 30.1 Å². The number of nitrogens with one attached hydrogen (secondary N) is 1. The Bertz CT molecular complexity index is 747. The van der Waals surface area contributed by atoms with Gasteiger partial charge in [0.2, 0.25) is 0 Å². The van der Waals surface area contributed by atoms with Crippen LogP contribution in [-0.2, 0) is 14.9 Å². The predicted molar refractivity (Wildman–Crippen MR) is 90.2 cm³/mol. The summed E-state index contributed by atoms with van der Waals surface area (Å²) in [6.07, 6.45) is 3.59. The van der Waals surface area contributed by atoms with Crippen LogP contribution < -0.4 is 4.72 Å². The molecule has 1 N–H and O–H groups in total. The molecule has 2 rings (SSSR count). The third-order valence-corrected chi connectivity index (χ3v) is 5.22. The molecule has 1 fully saturated rings. The van der Waals surface area contributed by atoms with E-state index >= 15 is 0 Å². The van der Waals surface area contributed by atoms with E-state index in [4.69, 9.17) is 16.4 Å². The van der Waals surface area contributed by atoms with Gasteiger partial charge in [-0.05, 0) is 43.4 Å². The van der Waals surface area contributed by atoms with Crippen LogP contribution in [0.4, 0.5) is 18.9 Å². The van der Waals surface area contributed by atoms with Crippen molar-refractivity contribution in [1.29, 1.82) is 0 Å². The first-order chi connectivity index (χ1) is 11.6. The molecule has 10 heteroatoms. The van der Waals surface area contributed by atoms with Crippen molar-refractivity contribution in [3.8, 4) is 0 Å². The fourth-order valence-corrected chi connectivity index (χ4v) is 2.99. The lowest BCUT2D eigenvalue weighted by Crippen LogP contribution is -2.30. The minimum atomic E-state index is -5.55. The maximum atomic E-state index is 12.6. The average molecular weight is 399 g/mol. The quantitative estimate of drug-likeness (QED) is 0.542. The first kappa shape index (κ1) is 19.8. The van der Waals surface area contributed by atoms with Crippen LogP contribution in [0.25, 0.3) is 0 Å². The molecule has 0 aliphatic heterocycles. The maximum Gasteiger partial charge on any atom is 0.516 e. The SMILES string of the molecule is CCC(=NOCC1CCC1)c1cc(Cl)ccc1NS(=O)(=O)C(F)(F)F. The molecule has 0 atom stereocenters. The van der Waals surface area contributed by atoms with Gasteiger partial charge in [0.25, 0.3) is 0 Å². The number of alkyl halides is 3. The normalized spacial score (nSPS) is 16.4. The van der Waals surface area contributed by atoms with Crippen molar-refractivity contribution in [2.75, 3.05) is 11.3 Å². The summed E-state index contributed by atoms with van der Waals surface area (Å²) in [4.78, 5) is 5.28. The highest BCUT2D eigenvalue weighted by Crippen LogP contribution is 2.30. The van der Waals surface area contributed by atoms with E-state index in [2.05, 4.69) is 5.16 Å². The Labute approximate surface area is 149 Å². The summed E-state index contributed by atoms with van der Waals surface area (Å²) in [5.41, 5.74) is -5.22. The van der Waals surface area contributed by atoms with Crippen molar-refractivity contribution in [2.45, 2.75) is 38.1 Å². The topological polar surface area (TPSA) is 67.8 Å². The Morgan fingerprint density at radius 1 is 1.40 bits per heavy atom. The number of benzene rings is 1. The Morgan fingerprint density at radius 2 is 2.08 bits per heavy atom. The van der Waals surface area contributed by atoms with Crippen molar-refractivity contribution >= 4 is 33.0 Å². The van der Waals surface area contributed by atoms with Gasteiger partial charge in [-0.2, -0.15) is 21.6 Å². The molecule has 0 aromatic heterocycles. The zero-order valence-electron chi connectivity index (χ0n) is 13.4. The van der Waals surface area contributed by atoms with Crippen LogP contribution in [0.1, 0.15) is 38.2 Å². The molecule has 1 aliphatic carbocycles. The van der Waals surface area contributed by atoms with Crippen molar-refractivity contribution < 1.29 is 26.4 Å². The van der Waals surface area contributed by atoms with Crippen LogP contribution in [0.3, 0.4) is 0 Å². The first-order valence-electron chi connectivity index (χ1n) is 7.72. The van der Waals surface area contributed by atoms with Crippen molar-refractivity contribution in [3.05, 3.63) is 28.8 Å². The zero-order valence-corrected chi connectivity index (χ0v) is 15.0. The highest BCUT2D eigenvalue weighted by atomic mass is 35.5. The molecule has 140 valence electrons. The second-order valence-electron chi connectivity index (χ2n) is 5.73. The summed E-state index contributed by atoms with van der Waals surface area (Å²) < 4.78 is 62.2. The molecule has 1 saturated carbocycles. The van der Waals surface area contributed by atoms with Gasteiger partial charge in [0.05, 0.1) is 11.4 Å². The number of rotatable bonds is 7. The summed E-state index contributed by atoms with van der Waals surface area (Å²) in [6.45, 7) is 2.15. The van der Waals surface area contributed by atoms with Gasteiger partial charge in [-0.3, -0.25) is 4.72 Å². The molecule has 0 bridgehead atoms. The van der Waals surface area contributed by atoms with E-state index in [9.17, 15) is 21.6 Å². The molecule has 1 aromatic rings. The molecule has 0 heterocycles. The summed E-state index contributed by atoms with van der Waals surface area (Å²) in [7, 11) is -5.55. The Morgan fingerprint density at radius 3 is 2.60 bits per heavy atom. The van der Waals surface area contributed by atoms with Gasteiger partial charge >= 0.3 is 15.5 Å². The monoisotopic (exact) mass is 398 g/mol. The molecule has 1 aromatic carbocycles. The van der Waals surface area contributed by atoms with Gasteiger partial charge in [0.1, 0.15) is 6.61 Å². The van der Waals surface area contributed by atoms with E-state index in [0.717, 1.165) is 25.3 Å². The number of halogens is 4. The van der Waals surface area contributed by atoms with E-state index in [1.165, 1.54) is 12.1 Å². The summed E-state index contributed by atoms with van der Waals surface area (Å²) >= 11 is 5.90. The molecule has 1 aliphatic rings. The summed E-state index contributed by atoms with van der Waals surface area (Å²) in [5, 5.41) is 4.21. The molecule has 0 saturated heterocycles. The molecule has 0 spiro atoms. The predicted octanol–water partition coefficient (Wildman–Crippen LogP) is 4.53. The largest absolute Gasteiger partial charge is 0.516 e. The zero-order chi connectivity index (χ0) is 18.7. The molecule has 0 radical (unpaired) electrons. The van der Waals surface area contributed by atoms with Crippen LogP contribution in [0.2, 0.25) is 5.02 Å². The van der Waals surface area contributed by atoms with Gasteiger partial charge in [-0.15, -0.1) is 0 Å². The minimum absolute atomic E-state index is 0.149. The van der Waals surface area contributed by atoms with Gasteiger partial charge < -0.3 is 4.84 Å². The van der Waals surface area contributed by atoms with Crippen LogP contribution in [-0.4, -0.2) is 26.2 Å². The van der Waals surface area contributed by atoms with Gasteiger partial charge in [-0.25, -0.2) is 0 Å². The standard InChI is InChI=1S/C15H18ClF3N2O3S/c1-2-13(20-24-9-10-4-3-5-10)12-8-11(16)6-7-14(12)21-25(22,23)15(17,18)19/h6-8,10,21H,2-5,9H2,1H3. The number of sulfonamides is 1. The molecule has 0 amide bonds. The van der Waals surface area contributed by atoms with Crippen LogP contribution >= 0.6 is 11.6 Å². The van der Waals surface area contributed by atoms with E-state index < -0.39 is 15.5 Å². The van der Waals surface area contributed by atoms with E-state index in [0.29, 0.717) is 24.7 Å². The molecular weight excluding hydrogens is 381 g/mol. The smallest absolute Gasteiger partial charge is 0.395 e. The van der Waals surface area contributed by atoms with E-state index in [-0.39, 0.29) is 16.3 Å². The highest BCUT2D eigenvalue weighted by Gasteiger charge is 2.46. The second kappa shape index (κ2) is 7.82. The van der Waals surface area contributed by atoms with Crippen molar-refractivity contribution in [3.63, 3.8) is 0 Å². The number of hydrogen-bond acceptors (Lipinski definition) is 4. The Kier molecular flexibility index (Phi) is 6.21. The Balaban J connectivity index is 2.28. The Hall–Kier alpha value is -1.48. The first-order valence-corrected chi connectivity index (χ1v) is 9.58. The minimum Gasteiger partial charge on any atom is -0.395 e. The van der Waals surface area contributed by atoms with Gasteiger partial charge in [0, 0.05) is 10.6 Å². The van der Waals surface area contributed by atoms with Crippen molar-refractivity contribution in [1.82, 2.24) is 0 Å². The fourth-order valence-electron chi connectivity index (χ4n) is 2.23. The van der Waals surface area contributed by atoms with E-state index in [1.807, 2.05) is 0 Å². The number of nitrogens with zero attached hydrogens (tertiary/aromatic N) is 1. The lowest BCUT2D eigenvalue weighted by atomic mass is 9.86. The number of hydrogen-bond donors (Lipinski definition) is 1. The molecular formula is C15H18ClF3N2O3S. The summed E-state index contributed by atoms with van der Waals surface area (Å²) in [6, 6.07) is 3.81. The lowest BCUT2D eigenvalue weighted by molar-refractivity contribution is -0.0429. The van der Waals surface area contributed by atoms with Gasteiger partial charge in [0.15, 0.2) is 0 Å². The summed E-state index contributed by atoms with van der Waals surface area (Å²) in [5.74, 6) is 0.435. The average Bonchev–Trinajstić information content (AvgIpc) is 2.46.